The molecule has 1 amide bonds. The van der Waals surface area contributed by atoms with Gasteiger partial charge in [0, 0.05) is 12.2 Å². The molecule has 0 bridgehead atoms. The van der Waals surface area contributed by atoms with Crippen LogP contribution in [0.4, 0.5) is 0 Å². The Hall–Kier alpha value is -2.76. The van der Waals surface area contributed by atoms with Crippen LogP contribution in [0.25, 0.3) is 0 Å². The van der Waals surface area contributed by atoms with E-state index >= 15 is 0 Å². The molecular formula is C22H28N2O4. The lowest BCUT2D eigenvalue weighted by Crippen LogP contribution is -2.31. The van der Waals surface area contributed by atoms with Crippen LogP contribution in [0.3, 0.4) is 0 Å². The monoisotopic (exact) mass is 384 g/mol. The summed E-state index contributed by atoms with van der Waals surface area (Å²) in [7, 11) is 0. The molecule has 1 aliphatic rings. The number of amides is 1. The van der Waals surface area contributed by atoms with Gasteiger partial charge < -0.3 is 19.4 Å². The summed E-state index contributed by atoms with van der Waals surface area (Å²) < 4.78 is 10.6. The van der Waals surface area contributed by atoms with E-state index in [4.69, 9.17) is 9.47 Å². The van der Waals surface area contributed by atoms with E-state index in [-0.39, 0.29) is 11.9 Å². The smallest absolute Gasteiger partial charge is 0.340 e. The molecule has 1 unspecified atom stereocenters. The number of H-pyrrole nitrogens is 1. The van der Waals surface area contributed by atoms with Crippen LogP contribution < -0.4 is 4.74 Å². The SMILES string of the molecule is CCOC(=O)c1c(C)[nH]c(C(=O)N2CCCC2c2ccc(OCC)cc2)c1C. The van der Waals surface area contributed by atoms with E-state index in [9.17, 15) is 9.59 Å². The van der Waals surface area contributed by atoms with E-state index in [0.29, 0.717) is 42.3 Å². The molecule has 1 fully saturated rings. The van der Waals surface area contributed by atoms with Crippen molar-refractivity contribution >= 4 is 11.9 Å². The van der Waals surface area contributed by atoms with Crippen molar-refractivity contribution < 1.29 is 19.1 Å². The zero-order chi connectivity index (χ0) is 20.3. The summed E-state index contributed by atoms with van der Waals surface area (Å²) >= 11 is 0. The van der Waals surface area contributed by atoms with E-state index in [2.05, 4.69) is 4.98 Å². The number of ether oxygens (including phenoxy) is 2. The van der Waals surface area contributed by atoms with Crippen molar-refractivity contribution in [3.8, 4) is 5.75 Å². The molecule has 28 heavy (non-hydrogen) atoms. The van der Waals surface area contributed by atoms with Gasteiger partial charge in [-0.2, -0.15) is 0 Å². The Labute approximate surface area is 165 Å². The van der Waals surface area contributed by atoms with Crippen LogP contribution >= 0.6 is 0 Å². The highest BCUT2D eigenvalue weighted by atomic mass is 16.5. The number of aromatic nitrogens is 1. The quantitative estimate of drug-likeness (QED) is 0.758. The number of hydrogen-bond acceptors (Lipinski definition) is 4. The summed E-state index contributed by atoms with van der Waals surface area (Å²) in [4.78, 5) is 30.5. The number of nitrogens with zero attached hydrogens (tertiary/aromatic N) is 1. The zero-order valence-electron chi connectivity index (χ0n) is 17.0. The highest BCUT2D eigenvalue weighted by Gasteiger charge is 2.33. The van der Waals surface area contributed by atoms with Gasteiger partial charge in [0.25, 0.3) is 5.91 Å². The van der Waals surface area contributed by atoms with Gasteiger partial charge >= 0.3 is 5.97 Å². The molecule has 150 valence electrons. The fourth-order valence-electron chi connectivity index (χ4n) is 3.93. The molecule has 6 heteroatoms. The normalized spacial score (nSPS) is 16.3. The lowest BCUT2D eigenvalue weighted by molar-refractivity contribution is 0.0525. The minimum atomic E-state index is -0.391. The van der Waals surface area contributed by atoms with Gasteiger partial charge in [-0.3, -0.25) is 4.79 Å². The summed E-state index contributed by atoms with van der Waals surface area (Å²) in [6.07, 6.45) is 1.87. The maximum Gasteiger partial charge on any atom is 0.340 e. The molecule has 0 saturated carbocycles. The van der Waals surface area contributed by atoms with Gasteiger partial charge in [-0.05, 0) is 63.8 Å². The van der Waals surface area contributed by atoms with Gasteiger partial charge in [0.2, 0.25) is 0 Å². The second kappa shape index (κ2) is 8.50. The maximum absolute atomic E-state index is 13.3. The molecule has 0 spiro atoms. The molecule has 1 saturated heterocycles. The second-order valence-corrected chi connectivity index (χ2v) is 7.00. The van der Waals surface area contributed by atoms with Crippen molar-refractivity contribution in [2.75, 3.05) is 19.8 Å². The van der Waals surface area contributed by atoms with E-state index in [1.54, 1.807) is 20.8 Å². The van der Waals surface area contributed by atoms with Gasteiger partial charge in [-0.1, -0.05) is 12.1 Å². The molecular weight excluding hydrogens is 356 g/mol. The van der Waals surface area contributed by atoms with Gasteiger partial charge in [0.1, 0.15) is 11.4 Å². The molecule has 1 aromatic carbocycles. The first-order valence-electron chi connectivity index (χ1n) is 9.87. The number of likely N-dealkylation sites (tertiary alicyclic amines) is 1. The van der Waals surface area contributed by atoms with Crippen molar-refractivity contribution in [3.63, 3.8) is 0 Å². The molecule has 1 aromatic heterocycles. The molecule has 1 N–H and O–H groups in total. The van der Waals surface area contributed by atoms with Crippen LogP contribution in [0.1, 0.15) is 70.4 Å². The highest BCUT2D eigenvalue weighted by Crippen LogP contribution is 2.34. The summed E-state index contributed by atoms with van der Waals surface area (Å²) in [6.45, 7) is 8.95. The Kier molecular flexibility index (Phi) is 6.07. The van der Waals surface area contributed by atoms with Gasteiger partial charge in [-0.15, -0.1) is 0 Å². The fraction of sp³-hybridized carbons (Fsp3) is 0.455. The van der Waals surface area contributed by atoms with Crippen LogP contribution in [0.15, 0.2) is 24.3 Å². The average molecular weight is 384 g/mol. The summed E-state index contributed by atoms with van der Waals surface area (Å²) in [6, 6.07) is 7.97. The molecule has 0 aliphatic carbocycles. The van der Waals surface area contributed by atoms with Crippen LogP contribution in [0.5, 0.6) is 5.75 Å². The highest BCUT2D eigenvalue weighted by molar-refractivity contribution is 6.00. The number of hydrogen-bond donors (Lipinski definition) is 1. The molecule has 1 atom stereocenters. The third-order valence-corrected chi connectivity index (χ3v) is 5.22. The molecule has 2 heterocycles. The van der Waals surface area contributed by atoms with Gasteiger partial charge in [0.15, 0.2) is 0 Å². The number of carbonyl (C=O) groups is 2. The van der Waals surface area contributed by atoms with Crippen LogP contribution in [-0.4, -0.2) is 41.5 Å². The Balaban J connectivity index is 1.85. The topological polar surface area (TPSA) is 71.6 Å². The number of esters is 1. The Morgan fingerprint density at radius 3 is 2.50 bits per heavy atom. The third-order valence-electron chi connectivity index (χ3n) is 5.22. The Morgan fingerprint density at radius 1 is 1.14 bits per heavy atom. The van der Waals surface area contributed by atoms with Crippen LogP contribution in [0.2, 0.25) is 0 Å². The van der Waals surface area contributed by atoms with Crippen LogP contribution in [-0.2, 0) is 4.74 Å². The van der Waals surface area contributed by atoms with E-state index in [0.717, 1.165) is 24.2 Å². The van der Waals surface area contributed by atoms with Crippen molar-refractivity contribution in [3.05, 3.63) is 52.3 Å². The Bertz CT molecular complexity index is 854. The first-order valence-corrected chi connectivity index (χ1v) is 9.87. The van der Waals surface area contributed by atoms with Gasteiger partial charge in [-0.25, -0.2) is 4.79 Å². The van der Waals surface area contributed by atoms with Crippen molar-refractivity contribution in [1.82, 2.24) is 9.88 Å². The fourth-order valence-corrected chi connectivity index (χ4v) is 3.93. The number of aryl methyl sites for hydroxylation is 1. The van der Waals surface area contributed by atoms with E-state index in [1.165, 1.54) is 0 Å². The predicted molar refractivity (Wildman–Crippen MR) is 107 cm³/mol. The standard InChI is InChI=1S/C22H28N2O4/c1-5-27-17-11-9-16(10-12-17)18-8-7-13-24(18)21(25)20-14(3)19(15(4)23-20)22(26)28-6-2/h9-12,18,23H,5-8,13H2,1-4H3. The molecule has 2 aromatic rings. The molecule has 0 radical (unpaired) electrons. The predicted octanol–water partition coefficient (Wildman–Crippen LogP) is 4.18. The number of nitrogens with one attached hydrogen (secondary N) is 1. The molecule has 3 rings (SSSR count). The minimum absolute atomic E-state index is 0.0252. The number of carbonyl (C=O) groups excluding carboxylic acids is 2. The van der Waals surface area contributed by atoms with E-state index in [1.807, 2.05) is 36.1 Å². The van der Waals surface area contributed by atoms with E-state index < -0.39 is 5.97 Å². The largest absolute Gasteiger partial charge is 0.494 e. The molecule has 1 aliphatic heterocycles. The molecule has 6 nitrogen and oxygen atoms in total. The number of rotatable bonds is 6. The maximum atomic E-state index is 13.3. The lowest BCUT2D eigenvalue weighted by Gasteiger charge is -2.25. The first-order chi connectivity index (χ1) is 13.5. The number of aromatic amines is 1. The van der Waals surface area contributed by atoms with Crippen molar-refractivity contribution in [2.45, 2.75) is 46.6 Å². The minimum Gasteiger partial charge on any atom is -0.494 e. The zero-order valence-corrected chi connectivity index (χ0v) is 17.0. The average Bonchev–Trinajstić information content (AvgIpc) is 3.27. The number of benzene rings is 1. The van der Waals surface area contributed by atoms with Crippen LogP contribution in [0, 0.1) is 13.8 Å². The summed E-state index contributed by atoms with van der Waals surface area (Å²) in [5, 5.41) is 0. The summed E-state index contributed by atoms with van der Waals surface area (Å²) in [5.74, 6) is 0.363. The third kappa shape index (κ3) is 3.77. The van der Waals surface area contributed by atoms with Crippen molar-refractivity contribution in [1.29, 1.82) is 0 Å². The van der Waals surface area contributed by atoms with Crippen molar-refractivity contribution in [2.24, 2.45) is 0 Å². The second-order valence-electron chi connectivity index (χ2n) is 7.00. The Morgan fingerprint density at radius 2 is 1.86 bits per heavy atom. The first kappa shape index (κ1) is 20.0. The van der Waals surface area contributed by atoms with Gasteiger partial charge in [0.05, 0.1) is 24.8 Å². The lowest BCUT2D eigenvalue weighted by atomic mass is 10.0. The summed E-state index contributed by atoms with van der Waals surface area (Å²) in [5.41, 5.74) is 3.34.